The average Bonchev–Trinajstić information content (AvgIpc) is 2.15. The Balaban J connectivity index is 3.34. The van der Waals surface area contributed by atoms with E-state index in [-0.39, 0.29) is 4.69 Å². The quantitative estimate of drug-likeness (QED) is 0.782. The molecule has 0 amide bonds. The van der Waals surface area contributed by atoms with Gasteiger partial charge >= 0.3 is 0 Å². The highest BCUT2D eigenvalue weighted by molar-refractivity contribution is 9.18. The van der Waals surface area contributed by atoms with Gasteiger partial charge in [0.1, 0.15) is 11.5 Å². The van der Waals surface area contributed by atoms with E-state index in [1.54, 1.807) is 19.2 Å². The Bertz CT molecular complexity index is 361. The predicted octanol–water partition coefficient (Wildman–Crippen LogP) is 2.55. The first-order chi connectivity index (χ1) is 6.60. The van der Waals surface area contributed by atoms with Crippen molar-refractivity contribution in [2.24, 2.45) is 0 Å². The molecule has 0 unspecified atom stereocenters. The minimum absolute atomic E-state index is 0.186. The van der Waals surface area contributed by atoms with Gasteiger partial charge in [-0.1, -0.05) is 0 Å². The Labute approximate surface area is 91.1 Å². The average molecular weight is 259 g/mol. The molecule has 0 bridgehead atoms. The maximum atomic E-state index is 11.2. The fraction of sp³-hybridized carbons (Fsp3) is 0.300. The minimum Gasteiger partial charge on any atom is -0.497 e. The number of aryl methyl sites for hydroxylation is 1. The summed E-state index contributed by atoms with van der Waals surface area (Å²) in [6.45, 7) is 1.83. The summed E-state index contributed by atoms with van der Waals surface area (Å²) >= 11 is 2.91. The van der Waals surface area contributed by atoms with Gasteiger partial charge in [-0.3, -0.25) is 4.79 Å². The summed E-state index contributed by atoms with van der Waals surface area (Å²) < 4.78 is 9.98. The molecule has 0 aromatic heterocycles. The van der Waals surface area contributed by atoms with Gasteiger partial charge in [0.25, 0.3) is 0 Å². The fourth-order valence-corrected chi connectivity index (χ4v) is 1.76. The van der Waals surface area contributed by atoms with Crippen LogP contribution in [0, 0.1) is 6.92 Å². The molecule has 0 saturated heterocycles. The van der Waals surface area contributed by atoms with E-state index < -0.39 is 0 Å². The van der Waals surface area contributed by atoms with E-state index in [4.69, 9.17) is 9.47 Å². The van der Waals surface area contributed by atoms with Crippen LogP contribution >= 0.6 is 15.9 Å². The molecule has 3 nitrogen and oxygen atoms in total. The number of benzene rings is 1. The SMILES string of the molecule is COc1cc(C)c(C(=O)Br)c(OC)c1. The molecule has 0 saturated carbocycles. The largest absolute Gasteiger partial charge is 0.497 e. The smallest absolute Gasteiger partial charge is 0.232 e. The Morgan fingerprint density at radius 1 is 1.29 bits per heavy atom. The molecular weight excluding hydrogens is 248 g/mol. The second-order valence-electron chi connectivity index (χ2n) is 2.80. The van der Waals surface area contributed by atoms with Crippen molar-refractivity contribution in [1.82, 2.24) is 0 Å². The number of halogens is 1. The highest BCUT2D eigenvalue weighted by Gasteiger charge is 2.14. The standard InChI is InChI=1S/C10H11BrO3/c1-6-4-7(13-2)5-8(14-3)9(6)10(11)12/h4-5H,1-3H3. The molecule has 0 N–H and O–H groups in total. The Hall–Kier alpha value is -1.03. The van der Waals surface area contributed by atoms with E-state index in [2.05, 4.69) is 15.9 Å². The highest BCUT2D eigenvalue weighted by Crippen LogP contribution is 2.29. The summed E-state index contributed by atoms with van der Waals surface area (Å²) in [4.78, 5) is 11.2. The Kier molecular flexibility index (Phi) is 3.52. The van der Waals surface area contributed by atoms with Crippen LogP contribution in [0.2, 0.25) is 0 Å². The van der Waals surface area contributed by atoms with Crippen molar-refractivity contribution in [2.75, 3.05) is 14.2 Å². The third kappa shape index (κ3) is 2.07. The van der Waals surface area contributed by atoms with Crippen molar-refractivity contribution in [1.29, 1.82) is 0 Å². The first-order valence-electron chi connectivity index (χ1n) is 4.02. The van der Waals surface area contributed by atoms with E-state index in [0.717, 1.165) is 5.56 Å². The number of carbonyl (C=O) groups is 1. The summed E-state index contributed by atoms with van der Waals surface area (Å²) in [5, 5.41) is 0. The molecule has 0 aliphatic heterocycles. The van der Waals surface area contributed by atoms with E-state index in [1.165, 1.54) is 7.11 Å². The van der Waals surface area contributed by atoms with Gasteiger partial charge < -0.3 is 9.47 Å². The third-order valence-electron chi connectivity index (χ3n) is 1.93. The van der Waals surface area contributed by atoms with Gasteiger partial charge in [-0.25, -0.2) is 0 Å². The molecule has 0 aliphatic rings. The van der Waals surface area contributed by atoms with Gasteiger partial charge in [0.2, 0.25) is 4.69 Å². The molecule has 0 atom stereocenters. The lowest BCUT2D eigenvalue weighted by molar-refractivity contribution is 0.109. The lowest BCUT2D eigenvalue weighted by Gasteiger charge is -2.10. The number of hydrogen-bond acceptors (Lipinski definition) is 3. The molecule has 4 heteroatoms. The van der Waals surface area contributed by atoms with Gasteiger partial charge in [-0.2, -0.15) is 0 Å². The normalized spacial score (nSPS) is 9.71. The predicted molar refractivity (Wildman–Crippen MR) is 57.5 cm³/mol. The Morgan fingerprint density at radius 3 is 2.36 bits per heavy atom. The first-order valence-corrected chi connectivity index (χ1v) is 4.82. The molecule has 0 fully saturated rings. The van der Waals surface area contributed by atoms with Crippen molar-refractivity contribution in [3.63, 3.8) is 0 Å². The van der Waals surface area contributed by atoms with Gasteiger partial charge in [-0.05, 0) is 34.5 Å². The summed E-state index contributed by atoms with van der Waals surface area (Å²) in [6.07, 6.45) is 0. The summed E-state index contributed by atoms with van der Waals surface area (Å²) in [6, 6.07) is 3.47. The van der Waals surface area contributed by atoms with Crippen LogP contribution in [0.1, 0.15) is 15.9 Å². The molecule has 76 valence electrons. The van der Waals surface area contributed by atoms with Crippen LogP contribution in [-0.4, -0.2) is 18.9 Å². The lowest BCUT2D eigenvalue weighted by atomic mass is 10.1. The van der Waals surface area contributed by atoms with Crippen molar-refractivity contribution in [3.8, 4) is 11.5 Å². The van der Waals surface area contributed by atoms with Crippen LogP contribution in [0.15, 0.2) is 12.1 Å². The summed E-state index contributed by atoms with van der Waals surface area (Å²) in [7, 11) is 3.09. The number of rotatable bonds is 3. The molecule has 14 heavy (non-hydrogen) atoms. The summed E-state index contributed by atoms with van der Waals surface area (Å²) in [5.74, 6) is 1.19. The van der Waals surface area contributed by atoms with E-state index in [0.29, 0.717) is 17.1 Å². The van der Waals surface area contributed by atoms with Crippen molar-refractivity contribution >= 4 is 20.6 Å². The van der Waals surface area contributed by atoms with Crippen LogP contribution in [0.3, 0.4) is 0 Å². The lowest BCUT2D eigenvalue weighted by Crippen LogP contribution is -1.99. The van der Waals surface area contributed by atoms with Gasteiger partial charge in [0.15, 0.2) is 0 Å². The molecule has 1 rings (SSSR count). The van der Waals surface area contributed by atoms with Crippen molar-refractivity contribution in [3.05, 3.63) is 23.3 Å². The second kappa shape index (κ2) is 4.46. The number of carbonyl (C=O) groups excluding carboxylic acids is 1. The first kappa shape index (κ1) is 11.0. The van der Waals surface area contributed by atoms with Gasteiger partial charge in [0.05, 0.1) is 19.8 Å². The van der Waals surface area contributed by atoms with E-state index in [9.17, 15) is 4.79 Å². The van der Waals surface area contributed by atoms with Crippen LogP contribution in [0.4, 0.5) is 0 Å². The minimum atomic E-state index is -0.186. The van der Waals surface area contributed by atoms with Crippen LogP contribution in [0.5, 0.6) is 11.5 Å². The fourth-order valence-electron chi connectivity index (χ4n) is 1.25. The molecule has 1 aromatic carbocycles. The van der Waals surface area contributed by atoms with Gasteiger partial charge in [0, 0.05) is 6.07 Å². The number of methoxy groups -OCH3 is 2. The molecule has 1 aromatic rings. The maximum Gasteiger partial charge on any atom is 0.232 e. The Morgan fingerprint density at radius 2 is 1.93 bits per heavy atom. The molecular formula is C10H11BrO3. The zero-order valence-corrected chi connectivity index (χ0v) is 9.84. The third-order valence-corrected chi connectivity index (χ3v) is 2.32. The monoisotopic (exact) mass is 258 g/mol. The van der Waals surface area contributed by atoms with Crippen molar-refractivity contribution in [2.45, 2.75) is 6.92 Å². The van der Waals surface area contributed by atoms with Crippen LogP contribution in [-0.2, 0) is 0 Å². The number of hydrogen-bond donors (Lipinski definition) is 0. The van der Waals surface area contributed by atoms with E-state index >= 15 is 0 Å². The zero-order chi connectivity index (χ0) is 10.7. The molecule has 0 aliphatic carbocycles. The molecule has 0 radical (unpaired) electrons. The molecule has 0 heterocycles. The maximum absolute atomic E-state index is 11.2. The number of ether oxygens (including phenoxy) is 2. The molecule has 0 spiro atoms. The second-order valence-corrected chi connectivity index (χ2v) is 3.52. The highest BCUT2D eigenvalue weighted by atomic mass is 79.9. The topological polar surface area (TPSA) is 35.5 Å². The van der Waals surface area contributed by atoms with Crippen LogP contribution < -0.4 is 9.47 Å². The van der Waals surface area contributed by atoms with E-state index in [1.807, 2.05) is 6.92 Å². The van der Waals surface area contributed by atoms with Crippen LogP contribution in [0.25, 0.3) is 0 Å². The van der Waals surface area contributed by atoms with Crippen molar-refractivity contribution < 1.29 is 14.3 Å². The summed E-state index contributed by atoms with van der Waals surface area (Å²) in [5.41, 5.74) is 1.36. The zero-order valence-electron chi connectivity index (χ0n) is 8.26. The van der Waals surface area contributed by atoms with Gasteiger partial charge in [-0.15, -0.1) is 0 Å².